The predicted octanol–water partition coefficient (Wildman–Crippen LogP) is 2.09. The summed E-state index contributed by atoms with van der Waals surface area (Å²) in [7, 11) is 0. The summed E-state index contributed by atoms with van der Waals surface area (Å²) in [6.45, 7) is 0. The molecule has 2 N–H and O–H groups in total. The highest BCUT2D eigenvalue weighted by molar-refractivity contribution is 6.29. The van der Waals surface area contributed by atoms with Crippen LogP contribution in [0.1, 0.15) is 10.5 Å². The van der Waals surface area contributed by atoms with Gasteiger partial charge in [-0.05, 0) is 12.1 Å². The molecule has 0 aliphatic rings. The van der Waals surface area contributed by atoms with Crippen LogP contribution >= 0.6 is 11.6 Å². The number of benzene rings is 1. The topological polar surface area (TPSA) is 75.1 Å². The number of hydrogen-bond acceptors (Lipinski definition) is 4. The number of aromatic hydroxyl groups is 1. The lowest BCUT2D eigenvalue weighted by Gasteiger charge is -2.04. The Morgan fingerprint density at radius 1 is 1.35 bits per heavy atom. The number of aromatic nitrogens is 2. The maximum Gasteiger partial charge on any atom is 0.275 e. The molecule has 5 nitrogen and oxygen atoms in total. The van der Waals surface area contributed by atoms with Crippen molar-refractivity contribution in [1.82, 2.24) is 9.97 Å². The highest BCUT2D eigenvalue weighted by Gasteiger charge is 2.08. The molecule has 0 aliphatic heterocycles. The van der Waals surface area contributed by atoms with E-state index in [0.29, 0.717) is 5.69 Å². The first-order valence-corrected chi connectivity index (χ1v) is 5.11. The van der Waals surface area contributed by atoms with E-state index in [0.717, 1.165) is 0 Å². The number of nitrogens with zero attached hydrogens (tertiary/aromatic N) is 2. The SMILES string of the molecule is O=C(Nc1cccc(O)c1)c1cncc(Cl)n1. The van der Waals surface area contributed by atoms with Gasteiger partial charge in [-0.15, -0.1) is 0 Å². The highest BCUT2D eigenvalue weighted by atomic mass is 35.5. The van der Waals surface area contributed by atoms with Crippen LogP contribution in [0.2, 0.25) is 5.15 Å². The van der Waals surface area contributed by atoms with Gasteiger partial charge in [-0.3, -0.25) is 9.78 Å². The van der Waals surface area contributed by atoms with E-state index >= 15 is 0 Å². The third kappa shape index (κ3) is 2.92. The molecule has 0 spiro atoms. The maximum absolute atomic E-state index is 11.7. The Bertz CT molecular complexity index is 560. The summed E-state index contributed by atoms with van der Waals surface area (Å²) in [5.74, 6) is -0.370. The number of phenols is 1. The number of halogens is 1. The third-order valence-electron chi connectivity index (χ3n) is 1.94. The van der Waals surface area contributed by atoms with Crippen LogP contribution in [0.4, 0.5) is 5.69 Å². The molecule has 0 saturated heterocycles. The van der Waals surface area contributed by atoms with E-state index in [-0.39, 0.29) is 16.6 Å². The molecule has 1 aromatic heterocycles. The summed E-state index contributed by atoms with van der Waals surface area (Å²) in [5.41, 5.74) is 0.581. The minimum atomic E-state index is -0.439. The second-order valence-corrected chi connectivity index (χ2v) is 3.62. The zero-order chi connectivity index (χ0) is 12.3. The van der Waals surface area contributed by atoms with Crippen molar-refractivity contribution in [2.75, 3.05) is 5.32 Å². The molecule has 0 unspecified atom stereocenters. The van der Waals surface area contributed by atoms with Gasteiger partial charge in [0.15, 0.2) is 0 Å². The van der Waals surface area contributed by atoms with Crippen LogP contribution < -0.4 is 5.32 Å². The fourth-order valence-electron chi connectivity index (χ4n) is 1.23. The number of hydrogen-bond donors (Lipinski definition) is 2. The van der Waals surface area contributed by atoms with Gasteiger partial charge in [-0.25, -0.2) is 4.98 Å². The average molecular weight is 250 g/mol. The molecule has 0 fully saturated rings. The molecule has 0 aliphatic carbocycles. The number of rotatable bonds is 2. The lowest BCUT2D eigenvalue weighted by atomic mass is 10.3. The molecule has 0 radical (unpaired) electrons. The van der Waals surface area contributed by atoms with Crippen molar-refractivity contribution in [2.45, 2.75) is 0 Å². The Balaban J connectivity index is 2.17. The van der Waals surface area contributed by atoms with Crippen LogP contribution in [0.5, 0.6) is 5.75 Å². The van der Waals surface area contributed by atoms with E-state index in [9.17, 15) is 9.90 Å². The minimum Gasteiger partial charge on any atom is -0.508 e. The summed E-state index contributed by atoms with van der Waals surface area (Å²) in [5, 5.41) is 12.0. The Kier molecular flexibility index (Phi) is 3.20. The monoisotopic (exact) mass is 249 g/mol. The molecule has 0 saturated carbocycles. The van der Waals surface area contributed by atoms with E-state index < -0.39 is 5.91 Å². The first kappa shape index (κ1) is 11.3. The van der Waals surface area contributed by atoms with Gasteiger partial charge in [-0.2, -0.15) is 0 Å². The van der Waals surface area contributed by atoms with Crippen molar-refractivity contribution in [1.29, 1.82) is 0 Å². The molecular weight excluding hydrogens is 242 g/mol. The number of anilines is 1. The summed E-state index contributed by atoms with van der Waals surface area (Å²) >= 11 is 5.62. The van der Waals surface area contributed by atoms with Crippen LogP contribution in [0, 0.1) is 0 Å². The highest BCUT2D eigenvalue weighted by Crippen LogP contribution is 2.16. The second kappa shape index (κ2) is 4.80. The van der Waals surface area contributed by atoms with Gasteiger partial charge in [0.25, 0.3) is 5.91 Å². The largest absolute Gasteiger partial charge is 0.508 e. The van der Waals surface area contributed by atoms with E-state index in [2.05, 4.69) is 15.3 Å². The third-order valence-corrected chi connectivity index (χ3v) is 2.12. The van der Waals surface area contributed by atoms with Crippen LogP contribution in [0.25, 0.3) is 0 Å². The van der Waals surface area contributed by atoms with Gasteiger partial charge >= 0.3 is 0 Å². The molecular formula is C11H8ClN3O2. The van der Waals surface area contributed by atoms with Crippen LogP contribution in [-0.2, 0) is 0 Å². The molecule has 86 valence electrons. The average Bonchev–Trinajstić information content (AvgIpc) is 2.29. The molecule has 1 aromatic carbocycles. The summed E-state index contributed by atoms with van der Waals surface area (Å²) in [6, 6.07) is 6.20. The maximum atomic E-state index is 11.7. The van der Waals surface area contributed by atoms with E-state index in [1.165, 1.54) is 24.5 Å². The molecule has 2 aromatic rings. The molecule has 0 atom stereocenters. The fourth-order valence-corrected chi connectivity index (χ4v) is 1.38. The van der Waals surface area contributed by atoms with Crippen LogP contribution in [0.3, 0.4) is 0 Å². The van der Waals surface area contributed by atoms with Gasteiger partial charge in [0, 0.05) is 11.8 Å². The molecule has 17 heavy (non-hydrogen) atoms. The predicted molar refractivity (Wildman–Crippen MR) is 63.1 cm³/mol. The van der Waals surface area contributed by atoms with Crippen molar-refractivity contribution in [2.24, 2.45) is 0 Å². The quantitative estimate of drug-likeness (QED) is 0.855. The zero-order valence-electron chi connectivity index (χ0n) is 8.59. The first-order valence-electron chi connectivity index (χ1n) is 4.73. The van der Waals surface area contributed by atoms with Crippen molar-refractivity contribution in [3.8, 4) is 5.75 Å². The van der Waals surface area contributed by atoms with Crippen molar-refractivity contribution in [3.05, 3.63) is 47.5 Å². The fraction of sp³-hybridized carbons (Fsp3) is 0. The molecule has 2 rings (SSSR count). The number of phenolic OH excluding ortho intramolecular Hbond substituents is 1. The molecule has 1 amide bonds. The minimum absolute atomic E-state index is 0.0694. The van der Waals surface area contributed by atoms with Crippen molar-refractivity contribution < 1.29 is 9.90 Å². The lowest BCUT2D eigenvalue weighted by molar-refractivity contribution is 0.102. The first-order chi connectivity index (χ1) is 8.15. The number of nitrogens with one attached hydrogen (secondary N) is 1. The number of amides is 1. The summed E-state index contributed by atoms with van der Waals surface area (Å²) in [6.07, 6.45) is 2.65. The van der Waals surface area contributed by atoms with E-state index in [1.54, 1.807) is 12.1 Å². The van der Waals surface area contributed by atoms with Gasteiger partial charge in [-0.1, -0.05) is 17.7 Å². The number of carbonyl (C=O) groups is 1. The summed E-state index contributed by atoms with van der Waals surface area (Å²) in [4.78, 5) is 19.3. The Morgan fingerprint density at radius 3 is 2.88 bits per heavy atom. The van der Waals surface area contributed by atoms with Gasteiger partial charge in [0.2, 0.25) is 0 Å². The van der Waals surface area contributed by atoms with Gasteiger partial charge in [0.1, 0.15) is 16.6 Å². The second-order valence-electron chi connectivity index (χ2n) is 3.23. The Morgan fingerprint density at radius 2 is 2.18 bits per heavy atom. The number of carbonyl (C=O) groups excluding carboxylic acids is 1. The van der Waals surface area contributed by atoms with Gasteiger partial charge < -0.3 is 10.4 Å². The summed E-state index contributed by atoms with van der Waals surface area (Å²) < 4.78 is 0. The van der Waals surface area contributed by atoms with Crippen LogP contribution in [-0.4, -0.2) is 21.0 Å². The van der Waals surface area contributed by atoms with Crippen LogP contribution in [0.15, 0.2) is 36.7 Å². The Hall–Kier alpha value is -2.14. The van der Waals surface area contributed by atoms with Crippen molar-refractivity contribution in [3.63, 3.8) is 0 Å². The van der Waals surface area contributed by atoms with E-state index in [1.807, 2.05) is 0 Å². The lowest BCUT2D eigenvalue weighted by Crippen LogP contribution is -2.13. The zero-order valence-corrected chi connectivity index (χ0v) is 9.35. The Labute approximate surface area is 102 Å². The van der Waals surface area contributed by atoms with Crippen molar-refractivity contribution >= 4 is 23.2 Å². The molecule has 1 heterocycles. The smallest absolute Gasteiger partial charge is 0.275 e. The molecule has 6 heteroatoms. The van der Waals surface area contributed by atoms with Gasteiger partial charge in [0.05, 0.1) is 12.4 Å². The standard InChI is InChI=1S/C11H8ClN3O2/c12-10-6-13-5-9(15-10)11(17)14-7-2-1-3-8(16)4-7/h1-6,16H,(H,14,17). The molecule has 0 bridgehead atoms. The normalized spacial score (nSPS) is 9.94. The van der Waals surface area contributed by atoms with E-state index in [4.69, 9.17) is 11.6 Å².